The Morgan fingerprint density at radius 2 is 1.81 bits per heavy atom. The second-order valence-electron chi connectivity index (χ2n) is 8.82. The number of ether oxygens (including phenoxy) is 1. The van der Waals surface area contributed by atoms with Crippen LogP contribution in [0.15, 0.2) is 30.3 Å². The molecule has 0 aromatic heterocycles. The normalized spacial score (nSPS) is 33.4. The van der Waals surface area contributed by atoms with Crippen molar-refractivity contribution in [3.63, 3.8) is 0 Å². The molecule has 0 aliphatic heterocycles. The smallest absolute Gasteiger partial charge is 0.244 e. The average Bonchev–Trinajstić information content (AvgIpc) is 2.63. The molecule has 4 fully saturated rings. The monoisotopic (exact) mass is 353 g/mol. The molecule has 0 radical (unpaired) electrons. The van der Waals surface area contributed by atoms with Crippen molar-refractivity contribution in [1.29, 1.82) is 0 Å². The number of carbonyl (C=O) groups excluding carboxylic acids is 1. The van der Waals surface area contributed by atoms with Gasteiger partial charge in [0.05, 0.1) is 7.11 Å². The van der Waals surface area contributed by atoms with Crippen LogP contribution in [0.5, 0.6) is 5.75 Å². The van der Waals surface area contributed by atoms with Crippen molar-refractivity contribution < 1.29 is 9.53 Å². The molecule has 0 heterocycles. The Morgan fingerprint density at radius 3 is 2.38 bits per heavy atom. The van der Waals surface area contributed by atoms with Gasteiger partial charge in [0.25, 0.3) is 0 Å². The first-order valence-electron chi connectivity index (χ1n) is 10.2. The second-order valence-corrected chi connectivity index (χ2v) is 8.82. The molecule has 1 unspecified atom stereocenters. The van der Waals surface area contributed by atoms with E-state index in [0.29, 0.717) is 11.5 Å². The molecule has 1 aromatic rings. The number of hydrogen-bond acceptors (Lipinski definition) is 2. The van der Waals surface area contributed by atoms with Crippen molar-refractivity contribution in [2.45, 2.75) is 57.9 Å². The summed E-state index contributed by atoms with van der Waals surface area (Å²) in [6.07, 6.45) is 12.9. The Morgan fingerprint density at radius 1 is 1.19 bits per heavy atom. The first kappa shape index (κ1) is 17.6. The molecule has 26 heavy (non-hydrogen) atoms. The molecule has 1 amide bonds. The van der Waals surface area contributed by atoms with E-state index in [-0.39, 0.29) is 5.91 Å². The van der Waals surface area contributed by atoms with Crippen LogP contribution in [0.2, 0.25) is 0 Å². The zero-order chi connectivity index (χ0) is 18.1. The SMILES string of the molecule is CCC(NC(=O)C=Cc1ccccc1OC)C12CC3CC(CC(C3)C1)C2. The average molecular weight is 354 g/mol. The summed E-state index contributed by atoms with van der Waals surface area (Å²) >= 11 is 0. The zero-order valence-corrected chi connectivity index (χ0v) is 16.0. The fourth-order valence-corrected chi connectivity index (χ4v) is 6.48. The maximum Gasteiger partial charge on any atom is 0.244 e. The van der Waals surface area contributed by atoms with Crippen LogP contribution < -0.4 is 10.1 Å². The highest BCUT2D eigenvalue weighted by Gasteiger charge is 2.53. The van der Waals surface area contributed by atoms with Crippen LogP contribution in [0, 0.1) is 23.2 Å². The lowest BCUT2D eigenvalue weighted by atomic mass is 9.47. The Hall–Kier alpha value is -1.77. The van der Waals surface area contributed by atoms with Crippen LogP contribution in [0.25, 0.3) is 6.08 Å². The van der Waals surface area contributed by atoms with Gasteiger partial charge >= 0.3 is 0 Å². The van der Waals surface area contributed by atoms with Crippen LogP contribution in [0.3, 0.4) is 0 Å². The van der Waals surface area contributed by atoms with Gasteiger partial charge in [0, 0.05) is 17.7 Å². The third kappa shape index (κ3) is 3.28. The summed E-state index contributed by atoms with van der Waals surface area (Å²) in [5, 5.41) is 3.36. The summed E-state index contributed by atoms with van der Waals surface area (Å²) in [6, 6.07) is 8.10. The molecule has 4 bridgehead atoms. The summed E-state index contributed by atoms with van der Waals surface area (Å²) in [5.74, 6) is 3.56. The Bertz CT molecular complexity index is 658. The van der Waals surface area contributed by atoms with Crippen LogP contribution in [-0.2, 0) is 4.79 Å². The quantitative estimate of drug-likeness (QED) is 0.745. The van der Waals surface area contributed by atoms with E-state index in [1.165, 1.54) is 38.5 Å². The van der Waals surface area contributed by atoms with Gasteiger partial charge in [0.15, 0.2) is 0 Å². The molecule has 0 saturated heterocycles. The number of para-hydroxylation sites is 1. The van der Waals surface area contributed by atoms with E-state index in [1.54, 1.807) is 13.2 Å². The maximum absolute atomic E-state index is 12.6. The molecule has 3 nitrogen and oxygen atoms in total. The van der Waals surface area contributed by atoms with E-state index < -0.39 is 0 Å². The Kier molecular flexibility index (Phi) is 4.81. The largest absolute Gasteiger partial charge is 0.496 e. The molecule has 0 spiro atoms. The van der Waals surface area contributed by atoms with Gasteiger partial charge in [-0.2, -0.15) is 0 Å². The van der Waals surface area contributed by atoms with Crippen molar-refractivity contribution in [2.75, 3.05) is 7.11 Å². The molecule has 4 aliphatic carbocycles. The number of nitrogens with one attached hydrogen (secondary N) is 1. The fourth-order valence-electron chi connectivity index (χ4n) is 6.48. The fraction of sp³-hybridized carbons (Fsp3) is 0.609. The van der Waals surface area contributed by atoms with Crippen molar-refractivity contribution >= 4 is 12.0 Å². The lowest BCUT2D eigenvalue weighted by Gasteiger charge is -2.59. The molecule has 1 aromatic carbocycles. The van der Waals surface area contributed by atoms with E-state index in [9.17, 15) is 4.79 Å². The minimum Gasteiger partial charge on any atom is -0.496 e. The summed E-state index contributed by atoms with van der Waals surface area (Å²) in [7, 11) is 1.66. The highest BCUT2D eigenvalue weighted by Crippen LogP contribution is 2.61. The standard InChI is InChI=1S/C23H31NO2/c1-3-21(23-13-16-10-17(14-23)12-18(11-16)15-23)24-22(25)9-8-19-6-4-5-7-20(19)26-2/h4-9,16-18,21H,3,10-15H2,1-2H3,(H,24,25). The minimum absolute atomic E-state index is 0.0264. The van der Waals surface area contributed by atoms with Crippen LogP contribution >= 0.6 is 0 Å². The van der Waals surface area contributed by atoms with Crippen LogP contribution in [-0.4, -0.2) is 19.1 Å². The van der Waals surface area contributed by atoms with E-state index >= 15 is 0 Å². The van der Waals surface area contributed by atoms with Crippen molar-refractivity contribution in [3.8, 4) is 5.75 Å². The van der Waals surface area contributed by atoms with Gasteiger partial charge in [-0.05, 0) is 80.3 Å². The minimum atomic E-state index is 0.0264. The van der Waals surface area contributed by atoms with Gasteiger partial charge in [-0.25, -0.2) is 0 Å². The van der Waals surface area contributed by atoms with Crippen molar-refractivity contribution in [3.05, 3.63) is 35.9 Å². The van der Waals surface area contributed by atoms with Gasteiger partial charge in [0.1, 0.15) is 5.75 Å². The maximum atomic E-state index is 12.6. The van der Waals surface area contributed by atoms with Gasteiger partial charge in [-0.1, -0.05) is 25.1 Å². The molecule has 1 N–H and O–H groups in total. The molecular formula is C23H31NO2. The number of rotatable bonds is 6. The van der Waals surface area contributed by atoms with Gasteiger partial charge in [-0.3, -0.25) is 4.79 Å². The van der Waals surface area contributed by atoms with Gasteiger partial charge in [-0.15, -0.1) is 0 Å². The van der Waals surface area contributed by atoms with E-state index in [4.69, 9.17) is 4.74 Å². The van der Waals surface area contributed by atoms with Crippen molar-refractivity contribution in [1.82, 2.24) is 5.32 Å². The van der Waals surface area contributed by atoms with E-state index in [2.05, 4.69) is 12.2 Å². The molecule has 1 atom stereocenters. The summed E-state index contributed by atoms with van der Waals surface area (Å²) in [6.45, 7) is 2.23. The highest BCUT2D eigenvalue weighted by atomic mass is 16.5. The van der Waals surface area contributed by atoms with Crippen molar-refractivity contribution in [2.24, 2.45) is 23.2 Å². The summed E-state index contributed by atoms with van der Waals surface area (Å²) < 4.78 is 5.36. The highest BCUT2D eigenvalue weighted by molar-refractivity contribution is 5.92. The first-order chi connectivity index (χ1) is 12.6. The predicted molar refractivity (Wildman–Crippen MR) is 105 cm³/mol. The number of hydrogen-bond donors (Lipinski definition) is 1. The molecule has 4 aliphatic rings. The third-order valence-corrected chi connectivity index (χ3v) is 7.10. The van der Waals surface area contributed by atoms with Gasteiger partial charge < -0.3 is 10.1 Å². The van der Waals surface area contributed by atoms with E-state index in [0.717, 1.165) is 35.5 Å². The Balaban J connectivity index is 1.45. The second kappa shape index (κ2) is 7.09. The summed E-state index contributed by atoms with van der Waals surface area (Å²) in [5.41, 5.74) is 1.30. The predicted octanol–water partition coefficient (Wildman–Crippen LogP) is 4.82. The number of carbonyl (C=O) groups is 1. The number of benzene rings is 1. The lowest BCUT2D eigenvalue weighted by Crippen LogP contribution is -2.56. The van der Waals surface area contributed by atoms with E-state index in [1.807, 2.05) is 30.3 Å². The lowest BCUT2D eigenvalue weighted by molar-refractivity contribution is -0.122. The number of amides is 1. The molecular weight excluding hydrogens is 322 g/mol. The van der Waals surface area contributed by atoms with Crippen LogP contribution in [0.4, 0.5) is 0 Å². The molecule has 5 rings (SSSR count). The Labute approximate surface area is 157 Å². The number of methoxy groups -OCH3 is 1. The molecule has 140 valence electrons. The molecule has 3 heteroatoms. The summed E-state index contributed by atoms with van der Waals surface area (Å²) in [4.78, 5) is 12.6. The zero-order valence-electron chi connectivity index (χ0n) is 16.0. The third-order valence-electron chi connectivity index (χ3n) is 7.10. The topological polar surface area (TPSA) is 38.3 Å². The van der Waals surface area contributed by atoms with Crippen LogP contribution in [0.1, 0.15) is 57.4 Å². The molecule has 4 saturated carbocycles. The first-order valence-corrected chi connectivity index (χ1v) is 10.2. The van der Waals surface area contributed by atoms with Gasteiger partial charge in [0.2, 0.25) is 5.91 Å².